The molecule has 0 spiro atoms. The minimum Gasteiger partial charge on any atom is -0.388 e. The molecule has 0 heterocycles. The number of benzene rings is 1. The number of hydrogen-bond donors (Lipinski definition) is 2. The summed E-state index contributed by atoms with van der Waals surface area (Å²) in [6.07, 6.45) is 0.513. The van der Waals surface area contributed by atoms with Gasteiger partial charge in [0.15, 0.2) is 0 Å². The third-order valence-corrected chi connectivity index (χ3v) is 2.84. The van der Waals surface area contributed by atoms with Crippen molar-refractivity contribution in [2.75, 3.05) is 25.6 Å². The summed E-state index contributed by atoms with van der Waals surface area (Å²) in [5.41, 5.74) is 0.232. The molecule has 0 amide bonds. The monoisotopic (exact) mass is 268 g/mol. The van der Waals surface area contributed by atoms with Gasteiger partial charge in [-0.2, -0.15) is 5.26 Å². The van der Waals surface area contributed by atoms with E-state index < -0.39 is 5.60 Å². The van der Waals surface area contributed by atoms with Crippen LogP contribution in [0.2, 0.25) is 5.02 Å². The molecule has 0 fully saturated rings. The quantitative estimate of drug-likeness (QED) is 0.832. The number of methoxy groups -OCH3 is 1. The van der Waals surface area contributed by atoms with Crippen molar-refractivity contribution in [3.8, 4) is 6.07 Å². The lowest BCUT2D eigenvalue weighted by atomic mass is 10.0. The molecule has 0 bridgehead atoms. The Morgan fingerprint density at radius 2 is 2.28 bits per heavy atom. The number of nitriles is 1. The van der Waals surface area contributed by atoms with E-state index in [-0.39, 0.29) is 0 Å². The number of rotatable bonds is 6. The van der Waals surface area contributed by atoms with Crippen molar-refractivity contribution >= 4 is 17.3 Å². The molecule has 98 valence electrons. The van der Waals surface area contributed by atoms with Crippen LogP contribution in [0.1, 0.15) is 18.9 Å². The summed E-state index contributed by atoms with van der Waals surface area (Å²) in [7, 11) is 1.59. The van der Waals surface area contributed by atoms with Gasteiger partial charge in [-0.3, -0.25) is 0 Å². The standard InChI is InChI=1S/C13H17ClN2O2/c1-13(17,5-6-18-2)9-16-12-7-11(14)4-3-10(12)8-15/h3-4,7,16-17H,5-6,9H2,1-2H3. The average Bonchev–Trinajstić information content (AvgIpc) is 2.34. The molecule has 5 heteroatoms. The molecule has 4 nitrogen and oxygen atoms in total. The minimum atomic E-state index is -0.898. The summed E-state index contributed by atoms with van der Waals surface area (Å²) in [6, 6.07) is 7.06. The van der Waals surface area contributed by atoms with E-state index in [4.69, 9.17) is 21.6 Å². The van der Waals surface area contributed by atoms with Crippen molar-refractivity contribution in [1.82, 2.24) is 0 Å². The van der Waals surface area contributed by atoms with Gasteiger partial charge in [-0.25, -0.2) is 0 Å². The Morgan fingerprint density at radius 1 is 1.56 bits per heavy atom. The predicted octanol–water partition coefficient (Wildman–Crippen LogP) is 2.41. The maximum atomic E-state index is 10.1. The fourth-order valence-corrected chi connectivity index (χ4v) is 1.63. The molecule has 1 atom stereocenters. The van der Waals surface area contributed by atoms with Gasteiger partial charge < -0.3 is 15.2 Å². The molecular weight excluding hydrogens is 252 g/mol. The lowest BCUT2D eigenvalue weighted by Crippen LogP contribution is -2.34. The summed E-state index contributed by atoms with van der Waals surface area (Å²) in [5, 5.41) is 22.6. The van der Waals surface area contributed by atoms with Crippen molar-refractivity contribution in [2.24, 2.45) is 0 Å². The Hall–Kier alpha value is -1.28. The van der Waals surface area contributed by atoms with Crippen LogP contribution in [-0.2, 0) is 4.74 Å². The normalized spacial score (nSPS) is 13.7. The summed E-state index contributed by atoms with van der Waals surface area (Å²) in [6.45, 7) is 2.52. The van der Waals surface area contributed by atoms with Crippen molar-refractivity contribution in [1.29, 1.82) is 5.26 Å². The minimum absolute atomic E-state index is 0.325. The average molecular weight is 269 g/mol. The number of aliphatic hydroxyl groups is 1. The molecule has 0 saturated carbocycles. The van der Waals surface area contributed by atoms with Gasteiger partial charge in [0.05, 0.1) is 16.9 Å². The first kappa shape index (κ1) is 14.8. The Labute approximate surface area is 112 Å². The SMILES string of the molecule is COCCC(C)(O)CNc1cc(Cl)ccc1C#N. The topological polar surface area (TPSA) is 65.3 Å². The van der Waals surface area contributed by atoms with Gasteiger partial charge in [0, 0.05) is 31.7 Å². The van der Waals surface area contributed by atoms with Crippen LogP contribution in [0.4, 0.5) is 5.69 Å². The summed E-state index contributed by atoms with van der Waals surface area (Å²) < 4.78 is 4.93. The van der Waals surface area contributed by atoms with E-state index in [1.807, 2.05) is 0 Å². The zero-order valence-electron chi connectivity index (χ0n) is 10.5. The Morgan fingerprint density at radius 3 is 2.89 bits per heavy atom. The Kier molecular flexibility index (Phi) is 5.42. The van der Waals surface area contributed by atoms with E-state index in [0.717, 1.165) is 0 Å². The van der Waals surface area contributed by atoms with Gasteiger partial charge in [-0.1, -0.05) is 11.6 Å². The van der Waals surface area contributed by atoms with E-state index in [1.165, 1.54) is 0 Å². The van der Waals surface area contributed by atoms with Gasteiger partial charge in [0.2, 0.25) is 0 Å². The van der Waals surface area contributed by atoms with Crippen molar-refractivity contribution in [3.05, 3.63) is 28.8 Å². The second kappa shape index (κ2) is 6.60. The zero-order chi connectivity index (χ0) is 13.6. The van der Waals surface area contributed by atoms with Crippen molar-refractivity contribution < 1.29 is 9.84 Å². The summed E-state index contributed by atoms with van der Waals surface area (Å²) in [5.74, 6) is 0. The number of hydrogen-bond acceptors (Lipinski definition) is 4. The predicted molar refractivity (Wildman–Crippen MR) is 71.8 cm³/mol. The van der Waals surface area contributed by atoms with E-state index in [2.05, 4.69) is 11.4 Å². The van der Waals surface area contributed by atoms with Crippen LogP contribution in [0.15, 0.2) is 18.2 Å². The van der Waals surface area contributed by atoms with E-state index in [0.29, 0.717) is 35.8 Å². The number of nitrogens with one attached hydrogen (secondary N) is 1. The van der Waals surface area contributed by atoms with E-state index >= 15 is 0 Å². The first-order valence-corrected chi connectivity index (χ1v) is 6.01. The Bertz CT molecular complexity index is 441. The molecule has 1 unspecified atom stereocenters. The second-order valence-electron chi connectivity index (χ2n) is 4.40. The van der Waals surface area contributed by atoms with Gasteiger partial charge in [0.25, 0.3) is 0 Å². The molecule has 0 aliphatic carbocycles. The Balaban J connectivity index is 2.68. The molecule has 1 aromatic carbocycles. The number of nitrogens with zero attached hydrogens (tertiary/aromatic N) is 1. The molecular formula is C13H17ClN2O2. The van der Waals surface area contributed by atoms with E-state index in [1.54, 1.807) is 32.2 Å². The smallest absolute Gasteiger partial charge is 0.101 e. The third kappa shape index (κ3) is 4.53. The molecule has 18 heavy (non-hydrogen) atoms. The molecule has 0 radical (unpaired) electrons. The van der Waals surface area contributed by atoms with Crippen molar-refractivity contribution in [3.63, 3.8) is 0 Å². The van der Waals surface area contributed by atoms with Gasteiger partial charge in [-0.05, 0) is 25.1 Å². The molecule has 0 aliphatic rings. The fourth-order valence-electron chi connectivity index (χ4n) is 1.46. The van der Waals surface area contributed by atoms with Crippen molar-refractivity contribution in [2.45, 2.75) is 18.9 Å². The largest absolute Gasteiger partial charge is 0.388 e. The lowest BCUT2D eigenvalue weighted by molar-refractivity contribution is 0.0357. The molecule has 1 aromatic rings. The van der Waals surface area contributed by atoms with Crippen LogP contribution in [-0.4, -0.2) is 31.0 Å². The fraction of sp³-hybridized carbons (Fsp3) is 0.462. The molecule has 0 aromatic heterocycles. The molecule has 1 rings (SSSR count). The van der Waals surface area contributed by atoms with Crippen LogP contribution in [0, 0.1) is 11.3 Å². The highest BCUT2D eigenvalue weighted by atomic mass is 35.5. The van der Waals surface area contributed by atoms with Gasteiger partial charge >= 0.3 is 0 Å². The summed E-state index contributed by atoms with van der Waals surface area (Å²) >= 11 is 5.88. The van der Waals surface area contributed by atoms with Crippen LogP contribution < -0.4 is 5.32 Å². The van der Waals surface area contributed by atoms with Crippen LogP contribution in [0.25, 0.3) is 0 Å². The lowest BCUT2D eigenvalue weighted by Gasteiger charge is -2.24. The number of anilines is 1. The van der Waals surface area contributed by atoms with Crippen LogP contribution in [0.3, 0.4) is 0 Å². The van der Waals surface area contributed by atoms with Gasteiger partial charge in [0.1, 0.15) is 6.07 Å². The van der Waals surface area contributed by atoms with E-state index in [9.17, 15) is 5.11 Å². The highest BCUT2D eigenvalue weighted by Gasteiger charge is 2.20. The van der Waals surface area contributed by atoms with Crippen LogP contribution >= 0.6 is 11.6 Å². The molecule has 0 aliphatic heterocycles. The number of ether oxygens (including phenoxy) is 1. The maximum Gasteiger partial charge on any atom is 0.101 e. The van der Waals surface area contributed by atoms with Crippen LogP contribution in [0.5, 0.6) is 0 Å². The molecule has 2 N–H and O–H groups in total. The van der Waals surface area contributed by atoms with Gasteiger partial charge in [-0.15, -0.1) is 0 Å². The highest BCUT2D eigenvalue weighted by molar-refractivity contribution is 6.30. The zero-order valence-corrected chi connectivity index (χ0v) is 11.3. The third-order valence-electron chi connectivity index (χ3n) is 2.61. The first-order chi connectivity index (χ1) is 8.48. The molecule has 0 saturated heterocycles. The first-order valence-electron chi connectivity index (χ1n) is 5.63. The highest BCUT2D eigenvalue weighted by Crippen LogP contribution is 2.21. The maximum absolute atomic E-state index is 10.1. The summed E-state index contributed by atoms with van der Waals surface area (Å²) in [4.78, 5) is 0. The number of halogens is 1. The second-order valence-corrected chi connectivity index (χ2v) is 4.83.